The molecule has 32 heavy (non-hydrogen) atoms. The zero-order valence-corrected chi connectivity index (χ0v) is 17.8. The Bertz CT molecular complexity index is 921. The number of rotatable bonds is 9. The van der Waals surface area contributed by atoms with Crippen LogP contribution < -0.4 is 16.4 Å². The Kier molecular flexibility index (Phi) is 7.91. The summed E-state index contributed by atoms with van der Waals surface area (Å²) < 4.78 is 0. The van der Waals surface area contributed by atoms with Crippen molar-refractivity contribution in [3.05, 3.63) is 27.7 Å². The second kappa shape index (κ2) is 9.88. The first kappa shape index (κ1) is 25.6. The van der Waals surface area contributed by atoms with E-state index in [0.29, 0.717) is 0 Å². The minimum Gasteiger partial charge on any atom is -0.505 e. The highest BCUT2D eigenvalue weighted by Gasteiger charge is 2.54. The van der Waals surface area contributed by atoms with Crippen molar-refractivity contribution in [2.45, 2.75) is 49.0 Å². The van der Waals surface area contributed by atoms with Gasteiger partial charge < -0.3 is 36.6 Å². The van der Waals surface area contributed by atoms with Crippen molar-refractivity contribution in [2.75, 3.05) is 0 Å². The molecule has 0 unspecified atom stereocenters. The number of hydrogen-bond acceptors (Lipinski definition) is 8. The maximum atomic E-state index is 12.4. The summed E-state index contributed by atoms with van der Waals surface area (Å²) in [4.78, 5) is 47.0. The van der Waals surface area contributed by atoms with E-state index in [1.165, 1.54) is 0 Å². The topological polar surface area (TPSA) is 220 Å². The smallest absolute Gasteiger partial charge is 0.326 e. The fraction of sp³-hybridized carbons (Fsp3) is 0.444. The first-order chi connectivity index (χ1) is 14.8. The summed E-state index contributed by atoms with van der Waals surface area (Å²) >= 11 is 11.5. The zero-order valence-electron chi connectivity index (χ0n) is 16.3. The lowest BCUT2D eigenvalue weighted by Gasteiger charge is -2.33. The van der Waals surface area contributed by atoms with E-state index in [4.69, 9.17) is 34.0 Å². The lowest BCUT2D eigenvalue weighted by atomic mass is 9.86. The van der Waals surface area contributed by atoms with Gasteiger partial charge in [-0.3, -0.25) is 19.7 Å². The van der Waals surface area contributed by atoms with E-state index in [-0.39, 0.29) is 34.9 Å². The number of carboxylic acid groups (broad SMARTS) is 3. The number of nitrogens with two attached hydrogens (primary N) is 1. The van der Waals surface area contributed by atoms with Crippen LogP contribution in [0.25, 0.3) is 0 Å². The van der Waals surface area contributed by atoms with Gasteiger partial charge in [0.1, 0.15) is 23.7 Å². The van der Waals surface area contributed by atoms with Gasteiger partial charge in [0.2, 0.25) is 0 Å². The fourth-order valence-corrected chi connectivity index (χ4v) is 3.99. The minimum absolute atomic E-state index is 0.0617. The van der Waals surface area contributed by atoms with Crippen LogP contribution in [0.3, 0.4) is 0 Å². The SMILES string of the molecule is N[C@H](C(=O)O)[C@H](O)[C@@]1(C(=O)O)CC[C@H](C[C@H](NC(=O)c2cc(Cl)c(O)c(Cl)c2)C(=O)O)N1. The first-order valence-corrected chi connectivity index (χ1v) is 9.95. The zero-order chi connectivity index (χ0) is 24.4. The summed E-state index contributed by atoms with van der Waals surface area (Å²) in [6, 6.07) is -2.01. The highest BCUT2D eigenvalue weighted by Crippen LogP contribution is 2.33. The molecule has 1 aliphatic heterocycles. The third-order valence-corrected chi connectivity index (χ3v) is 5.84. The van der Waals surface area contributed by atoms with E-state index in [1.54, 1.807) is 0 Å². The highest BCUT2D eigenvalue weighted by atomic mass is 35.5. The van der Waals surface area contributed by atoms with E-state index in [0.717, 1.165) is 12.1 Å². The van der Waals surface area contributed by atoms with Crippen LogP contribution in [-0.2, 0) is 14.4 Å². The molecule has 5 atom stereocenters. The van der Waals surface area contributed by atoms with Gasteiger partial charge in [0.15, 0.2) is 5.75 Å². The van der Waals surface area contributed by atoms with Crippen molar-refractivity contribution in [2.24, 2.45) is 5.73 Å². The molecule has 2 rings (SSSR count). The lowest BCUT2D eigenvalue weighted by molar-refractivity contribution is -0.153. The van der Waals surface area contributed by atoms with Gasteiger partial charge in [0.25, 0.3) is 5.91 Å². The second-order valence-corrected chi connectivity index (χ2v) is 8.17. The van der Waals surface area contributed by atoms with Gasteiger partial charge in [-0.25, -0.2) is 4.79 Å². The van der Waals surface area contributed by atoms with Crippen LogP contribution in [0.15, 0.2) is 12.1 Å². The normalized spacial score (nSPS) is 23.2. The van der Waals surface area contributed by atoms with Crippen LogP contribution in [0.1, 0.15) is 29.6 Å². The van der Waals surface area contributed by atoms with E-state index in [1.807, 2.05) is 0 Å². The number of halogens is 2. The number of carbonyl (C=O) groups is 4. The number of carbonyl (C=O) groups excluding carboxylic acids is 1. The third kappa shape index (κ3) is 5.22. The number of amides is 1. The molecule has 0 radical (unpaired) electrons. The van der Waals surface area contributed by atoms with Crippen molar-refractivity contribution < 1.29 is 44.7 Å². The molecule has 0 aromatic heterocycles. The highest BCUT2D eigenvalue weighted by molar-refractivity contribution is 6.37. The van der Waals surface area contributed by atoms with Crippen LogP contribution in [0.5, 0.6) is 5.75 Å². The molecule has 0 bridgehead atoms. The molecule has 1 saturated heterocycles. The average molecular weight is 494 g/mol. The number of nitrogens with one attached hydrogen (secondary N) is 2. The Hall–Kier alpha value is -2.64. The van der Waals surface area contributed by atoms with Crippen LogP contribution >= 0.6 is 23.2 Å². The monoisotopic (exact) mass is 493 g/mol. The average Bonchev–Trinajstić information content (AvgIpc) is 3.15. The molecule has 1 aromatic rings. The van der Waals surface area contributed by atoms with E-state index in [2.05, 4.69) is 10.6 Å². The number of benzene rings is 1. The predicted octanol–water partition coefficient (Wildman–Crippen LogP) is -0.380. The van der Waals surface area contributed by atoms with Gasteiger partial charge in [-0.1, -0.05) is 23.2 Å². The lowest BCUT2D eigenvalue weighted by Crippen LogP contribution is -2.65. The molecule has 12 nitrogen and oxygen atoms in total. The number of aromatic hydroxyl groups is 1. The number of phenols is 1. The second-order valence-electron chi connectivity index (χ2n) is 7.35. The Morgan fingerprint density at radius 1 is 1.16 bits per heavy atom. The third-order valence-electron chi connectivity index (χ3n) is 5.26. The van der Waals surface area contributed by atoms with Gasteiger partial charge in [0.05, 0.1) is 10.0 Å². The van der Waals surface area contributed by atoms with Crippen molar-refractivity contribution in [1.82, 2.24) is 10.6 Å². The van der Waals surface area contributed by atoms with Crippen molar-refractivity contribution in [3.63, 3.8) is 0 Å². The van der Waals surface area contributed by atoms with Gasteiger partial charge in [0, 0.05) is 11.6 Å². The van der Waals surface area contributed by atoms with Crippen molar-refractivity contribution >= 4 is 47.0 Å². The summed E-state index contributed by atoms with van der Waals surface area (Å²) in [5.74, 6) is -5.89. The Labute approximate surface area is 190 Å². The Morgan fingerprint density at radius 2 is 1.72 bits per heavy atom. The summed E-state index contributed by atoms with van der Waals surface area (Å²) in [6.07, 6.45) is -2.45. The molecule has 176 valence electrons. The predicted molar refractivity (Wildman–Crippen MR) is 110 cm³/mol. The molecule has 1 aliphatic rings. The summed E-state index contributed by atoms with van der Waals surface area (Å²) in [7, 11) is 0. The largest absolute Gasteiger partial charge is 0.505 e. The number of aliphatic hydroxyl groups excluding tert-OH is 1. The molecule has 0 spiro atoms. The molecule has 1 fully saturated rings. The standard InChI is InChI=1S/C18H21Cl2N3O9/c19-8-3-6(4-9(20)12(8)24)14(26)22-10(15(27)28)5-7-1-2-18(23-7,17(31)32)13(25)11(21)16(29)30/h3-4,7,10-11,13,23-25H,1-2,5,21H2,(H,22,26)(H,27,28)(H,29,30)(H,31,32)/t7-,10+,11+,13+,18-/m1/s1. The first-order valence-electron chi connectivity index (χ1n) is 9.19. The quantitative estimate of drug-likeness (QED) is 0.221. The molecule has 1 amide bonds. The van der Waals surface area contributed by atoms with E-state index >= 15 is 0 Å². The molecule has 0 aliphatic carbocycles. The van der Waals surface area contributed by atoms with E-state index in [9.17, 15) is 39.6 Å². The Morgan fingerprint density at radius 3 is 2.19 bits per heavy atom. The van der Waals surface area contributed by atoms with E-state index < -0.39 is 59.3 Å². The summed E-state index contributed by atoms with van der Waals surface area (Å²) in [5, 5.41) is 52.3. The molecule has 14 heteroatoms. The van der Waals surface area contributed by atoms with Crippen LogP contribution in [0.2, 0.25) is 10.0 Å². The number of aliphatic hydroxyl groups is 1. The Balaban J connectivity index is 2.17. The number of carboxylic acids is 3. The minimum atomic E-state index is -2.10. The molecule has 1 aromatic carbocycles. The van der Waals surface area contributed by atoms with Crippen LogP contribution in [0.4, 0.5) is 0 Å². The van der Waals surface area contributed by atoms with Gasteiger partial charge in [-0.2, -0.15) is 0 Å². The fourth-order valence-electron chi connectivity index (χ4n) is 3.50. The molecular weight excluding hydrogens is 473 g/mol. The van der Waals surface area contributed by atoms with Crippen LogP contribution in [-0.4, -0.2) is 79.1 Å². The van der Waals surface area contributed by atoms with Gasteiger partial charge in [-0.05, 0) is 31.4 Å². The molecule has 9 N–H and O–H groups in total. The van der Waals surface area contributed by atoms with Crippen molar-refractivity contribution in [3.8, 4) is 5.75 Å². The maximum Gasteiger partial charge on any atom is 0.326 e. The van der Waals surface area contributed by atoms with Gasteiger partial charge >= 0.3 is 17.9 Å². The van der Waals surface area contributed by atoms with Crippen LogP contribution in [0, 0.1) is 0 Å². The number of aliphatic carboxylic acids is 3. The number of phenolic OH excluding ortho intramolecular Hbond substituents is 1. The maximum absolute atomic E-state index is 12.4. The molecule has 0 saturated carbocycles. The molecule has 1 heterocycles. The molecular formula is C18H21Cl2N3O9. The van der Waals surface area contributed by atoms with Crippen molar-refractivity contribution in [1.29, 1.82) is 0 Å². The van der Waals surface area contributed by atoms with Gasteiger partial charge in [-0.15, -0.1) is 0 Å². The summed E-state index contributed by atoms with van der Waals surface area (Å²) in [6.45, 7) is 0. The number of hydrogen-bond donors (Lipinski definition) is 8. The summed E-state index contributed by atoms with van der Waals surface area (Å²) in [5.41, 5.74) is 3.16.